The molecular weight excluding hydrogens is 240 g/mol. The summed E-state index contributed by atoms with van der Waals surface area (Å²) >= 11 is 0. The van der Waals surface area contributed by atoms with Crippen LogP contribution in [0, 0.1) is 0 Å². The van der Waals surface area contributed by atoms with Gasteiger partial charge in [-0.3, -0.25) is 0 Å². The molecule has 0 aliphatic carbocycles. The van der Waals surface area contributed by atoms with E-state index >= 15 is 0 Å². The van der Waals surface area contributed by atoms with Crippen LogP contribution in [0.3, 0.4) is 0 Å². The number of hydrogen-bond acceptors (Lipinski definition) is 3. The van der Waals surface area contributed by atoms with Gasteiger partial charge in [-0.05, 0) is 32.4 Å². The largest absolute Gasteiger partial charge is 0.433 e. The Labute approximate surface area is 106 Å². The minimum Gasteiger partial charge on any atom is -0.433 e. The van der Waals surface area contributed by atoms with Crippen molar-refractivity contribution < 1.29 is 18.3 Å². The first-order chi connectivity index (χ1) is 8.44. The van der Waals surface area contributed by atoms with Crippen molar-refractivity contribution in [2.45, 2.75) is 32.5 Å². The summed E-state index contributed by atoms with van der Waals surface area (Å²) in [4.78, 5) is 0. The van der Waals surface area contributed by atoms with Crippen LogP contribution in [0.2, 0.25) is 0 Å². The molecule has 0 fully saturated rings. The van der Waals surface area contributed by atoms with Gasteiger partial charge in [0.15, 0.2) is 0 Å². The lowest BCUT2D eigenvalue weighted by molar-refractivity contribution is -0.0494. The van der Waals surface area contributed by atoms with Crippen molar-refractivity contribution in [3.05, 3.63) is 24.3 Å². The summed E-state index contributed by atoms with van der Waals surface area (Å²) in [6.07, 6.45) is 0.756. The summed E-state index contributed by atoms with van der Waals surface area (Å²) in [5.74, 6) is 0.155. The maximum Gasteiger partial charge on any atom is 0.387 e. The number of rotatable bonds is 7. The lowest BCUT2D eigenvalue weighted by atomic mass is 10.1. The number of ether oxygens (including phenoxy) is 2. The smallest absolute Gasteiger partial charge is 0.387 e. The zero-order chi connectivity index (χ0) is 13.6. The van der Waals surface area contributed by atoms with E-state index in [-0.39, 0.29) is 11.4 Å². The quantitative estimate of drug-likeness (QED) is 0.812. The minimum absolute atomic E-state index is 0.155. The van der Waals surface area contributed by atoms with Gasteiger partial charge in [0.2, 0.25) is 0 Å². The third-order valence-electron chi connectivity index (χ3n) is 2.70. The van der Waals surface area contributed by atoms with E-state index < -0.39 is 6.61 Å². The van der Waals surface area contributed by atoms with Crippen molar-refractivity contribution in [1.29, 1.82) is 0 Å². The molecule has 0 aromatic heterocycles. The number of para-hydroxylation sites is 2. The first-order valence-electron chi connectivity index (χ1n) is 5.77. The monoisotopic (exact) mass is 259 g/mol. The maximum atomic E-state index is 12.2. The molecule has 1 aromatic rings. The molecule has 102 valence electrons. The highest BCUT2D eigenvalue weighted by Crippen LogP contribution is 2.25. The van der Waals surface area contributed by atoms with E-state index in [9.17, 15) is 8.78 Å². The first kappa shape index (κ1) is 14.7. The summed E-state index contributed by atoms with van der Waals surface area (Å²) in [5, 5.41) is 3.07. The molecule has 0 aliphatic heterocycles. The van der Waals surface area contributed by atoms with Crippen LogP contribution in [0.15, 0.2) is 24.3 Å². The third kappa shape index (κ3) is 4.87. The molecule has 0 radical (unpaired) electrons. The predicted molar refractivity (Wildman–Crippen MR) is 67.3 cm³/mol. The van der Waals surface area contributed by atoms with Crippen molar-refractivity contribution in [2.24, 2.45) is 0 Å². The van der Waals surface area contributed by atoms with Gasteiger partial charge in [-0.25, -0.2) is 0 Å². The van der Waals surface area contributed by atoms with Crippen LogP contribution in [-0.2, 0) is 4.74 Å². The number of halogens is 2. The van der Waals surface area contributed by atoms with E-state index in [4.69, 9.17) is 4.74 Å². The van der Waals surface area contributed by atoms with E-state index in [1.54, 1.807) is 25.3 Å². The summed E-state index contributed by atoms with van der Waals surface area (Å²) < 4.78 is 34.1. The number of benzene rings is 1. The van der Waals surface area contributed by atoms with Crippen LogP contribution in [0.1, 0.15) is 20.3 Å². The molecule has 0 saturated carbocycles. The Bertz CT molecular complexity index is 370. The first-order valence-corrected chi connectivity index (χ1v) is 5.77. The second-order valence-electron chi connectivity index (χ2n) is 4.52. The average molecular weight is 259 g/mol. The van der Waals surface area contributed by atoms with Crippen LogP contribution in [-0.4, -0.2) is 25.9 Å². The molecule has 1 rings (SSSR count). The SMILES string of the molecule is COC(C)(C)CCNc1ccccc1OC(F)F. The Balaban J connectivity index is 2.56. The van der Waals surface area contributed by atoms with Gasteiger partial charge in [0, 0.05) is 13.7 Å². The highest BCUT2D eigenvalue weighted by atomic mass is 19.3. The Morgan fingerprint density at radius 2 is 1.94 bits per heavy atom. The van der Waals surface area contributed by atoms with Crippen LogP contribution >= 0.6 is 0 Å². The van der Waals surface area contributed by atoms with Crippen LogP contribution < -0.4 is 10.1 Å². The standard InChI is InChI=1S/C13H19F2NO2/c1-13(2,17-3)8-9-16-10-6-4-5-7-11(10)18-12(14)15/h4-7,12,16H,8-9H2,1-3H3. The van der Waals surface area contributed by atoms with Gasteiger partial charge in [0.1, 0.15) is 5.75 Å². The summed E-state index contributed by atoms with van der Waals surface area (Å²) in [5.41, 5.74) is 0.315. The van der Waals surface area contributed by atoms with E-state index in [0.29, 0.717) is 12.2 Å². The Morgan fingerprint density at radius 1 is 1.28 bits per heavy atom. The van der Waals surface area contributed by atoms with Crippen molar-refractivity contribution in [3.63, 3.8) is 0 Å². The molecule has 0 atom stereocenters. The third-order valence-corrected chi connectivity index (χ3v) is 2.70. The predicted octanol–water partition coefficient (Wildman–Crippen LogP) is 3.52. The van der Waals surface area contributed by atoms with Crippen LogP contribution in [0.5, 0.6) is 5.75 Å². The van der Waals surface area contributed by atoms with Crippen molar-refractivity contribution in [2.75, 3.05) is 19.0 Å². The van der Waals surface area contributed by atoms with Crippen LogP contribution in [0.4, 0.5) is 14.5 Å². The molecule has 0 spiro atoms. The average Bonchev–Trinajstić information content (AvgIpc) is 2.30. The highest BCUT2D eigenvalue weighted by molar-refractivity contribution is 5.56. The Kier molecular flexibility index (Phi) is 5.34. The van der Waals surface area contributed by atoms with Crippen molar-refractivity contribution in [3.8, 4) is 5.75 Å². The molecule has 1 N–H and O–H groups in total. The number of alkyl halides is 2. The molecule has 1 aromatic carbocycles. The zero-order valence-corrected chi connectivity index (χ0v) is 10.9. The molecule has 5 heteroatoms. The molecular formula is C13H19F2NO2. The Hall–Kier alpha value is -1.36. The number of anilines is 1. The molecule has 0 aliphatic rings. The molecule has 0 saturated heterocycles. The second-order valence-corrected chi connectivity index (χ2v) is 4.52. The molecule has 0 heterocycles. The topological polar surface area (TPSA) is 30.5 Å². The van der Waals surface area contributed by atoms with Gasteiger partial charge < -0.3 is 14.8 Å². The van der Waals surface area contributed by atoms with Crippen molar-refractivity contribution in [1.82, 2.24) is 0 Å². The number of methoxy groups -OCH3 is 1. The van der Waals surface area contributed by atoms with E-state index in [0.717, 1.165) is 6.42 Å². The summed E-state index contributed by atoms with van der Waals surface area (Å²) in [7, 11) is 1.65. The fourth-order valence-electron chi connectivity index (χ4n) is 1.41. The fraction of sp³-hybridized carbons (Fsp3) is 0.538. The summed E-state index contributed by atoms with van der Waals surface area (Å²) in [6.45, 7) is 1.74. The minimum atomic E-state index is -2.82. The normalized spacial score (nSPS) is 11.7. The van der Waals surface area contributed by atoms with E-state index in [1.807, 2.05) is 13.8 Å². The fourth-order valence-corrected chi connectivity index (χ4v) is 1.41. The molecule has 0 unspecified atom stereocenters. The maximum absolute atomic E-state index is 12.2. The Morgan fingerprint density at radius 3 is 2.56 bits per heavy atom. The second kappa shape index (κ2) is 6.54. The highest BCUT2D eigenvalue weighted by Gasteiger charge is 2.16. The van der Waals surface area contributed by atoms with Crippen molar-refractivity contribution >= 4 is 5.69 Å². The molecule has 0 bridgehead atoms. The number of hydrogen-bond donors (Lipinski definition) is 1. The van der Waals surface area contributed by atoms with Crippen LogP contribution in [0.25, 0.3) is 0 Å². The molecule has 3 nitrogen and oxygen atoms in total. The van der Waals surface area contributed by atoms with Gasteiger partial charge in [-0.1, -0.05) is 12.1 Å². The number of nitrogens with one attached hydrogen (secondary N) is 1. The van der Waals surface area contributed by atoms with E-state index in [1.165, 1.54) is 6.07 Å². The van der Waals surface area contributed by atoms with Gasteiger partial charge in [0.05, 0.1) is 11.3 Å². The van der Waals surface area contributed by atoms with E-state index in [2.05, 4.69) is 10.1 Å². The van der Waals surface area contributed by atoms with Gasteiger partial charge in [-0.2, -0.15) is 8.78 Å². The van der Waals surface area contributed by atoms with Gasteiger partial charge in [-0.15, -0.1) is 0 Å². The zero-order valence-electron chi connectivity index (χ0n) is 10.9. The summed E-state index contributed by atoms with van der Waals surface area (Å²) in [6, 6.07) is 6.64. The molecule has 0 amide bonds. The lowest BCUT2D eigenvalue weighted by Gasteiger charge is -2.23. The molecule has 18 heavy (non-hydrogen) atoms. The lowest BCUT2D eigenvalue weighted by Crippen LogP contribution is -2.25. The van der Waals surface area contributed by atoms with Gasteiger partial charge in [0.25, 0.3) is 0 Å². The van der Waals surface area contributed by atoms with Gasteiger partial charge >= 0.3 is 6.61 Å².